The van der Waals surface area contributed by atoms with Crippen LogP contribution < -0.4 is 5.32 Å². The van der Waals surface area contributed by atoms with Crippen LogP contribution in [0.4, 0.5) is 10.5 Å². The van der Waals surface area contributed by atoms with Crippen LogP contribution in [0.3, 0.4) is 0 Å². The van der Waals surface area contributed by atoms with E-state index in [-0.39, 0.29) is 18.4 Å². The van der Waals surface area contributed by atoms with E-state index in [1.807, 2.05) is 24.0 Å². The number of benzene rings is 2. The van der Waals surface area contributed by atoms with Gasteiger partial charge in [0.2, 0.25) is 5.91 Å². The molecule has 7 heteroatoms. The molecule has 0 spiro atoms. The molecule has 170 valence electrons. The molecule has 32 heavy (non-hydrogen) atoms. The fourth-order valence-corrected chi connectivity index (χ4v) is 3.79. The van der Waals surface area contributed by atoms with Crippen LogP contribution in [0.15, 0.2) is 48.5 Å². The minimum atomic E-state index is -0.392. The van der Waals surface area contributed by atoms with Gasteiger partial charge in [-0.2, -0.15) is 0 Å². The van der Waals surface area contributed by atoms with Crippen LogP contribution in [0.5, 0.6) is 0 Å². The zero-order chi connectivity index (χ0) is 22.9. The van der Waals surface area contributed by atoms with Gasteiger partial charge >= 0.3 is 12.0 Å². The lowest BCUT2D eigenvalue weighted by Gasteiger charge is -2.30. The van der Waals surface area contributed by atoms with Crippen molar-refractivity contribution in [2.24, 2.45) is 0 Å². The Hall–Kier alpha value is -3.35. The molecule has 1 aliphatic rings. The molecule has 2 aromatic carbocycles. The number of ether oxygens (including phenoxy) is 1. The van der Waals surface area contributed by atoms with Crippen LogP contribution in [0.2, 0.25) is 0 Å². The Balaban J connectivity index is 1.54. The second kappa shape index (κ2) is 11.3. The SMILES string of the molecule is CCCN(CCC(=O)N1CCc2ccccc2C1)C(=O)Nc1ccc(C(=O)OCC)cc1. The van der Waals surface area contributed by atoms with Crippen molar-refractivity contribution in [3.63, 3.8) is 0 Å². The van der Waals surface area contributed by atoms with Gasteiger partial charge in [0.1, 0.15) is 0 Å². The number of carbonyl (C=O) groups is 3. The number of rotatable bonds is 8. The predicted molar refractivity (Wildman–Crippen MR) is 123 cm³/mol. The molecule has 3 rings (SSSR count). The molecule has 0 radical (unpaired) electrons. The summed E-state index contributed by atoms with van der Waals surface area (Å²) in [5, 5.41) is 2.85. The van der Waals surface area contributed by atoms with Crippen LogP contribution >= 0.6 is 0 Å². The Bertz CT molecular complexity index is 942. The van der Waals surface area contributed by atoms with Gasteiger partial charge in [0.25, 0.3) is 0 Å². The lowest BCUT2D eigenvalue weighted by atomic mass is 10.00. The Kier molecular flexibility index (Phi) is 8.25. The smallest absolute Gasteiger partial charge is 0.338 e. The van der Waals surface area contributed by atoms with Crippen LogP contribution in [0.25, 0.3) is 0 Å². The molecule has 3 amide bonds. The van der Waals surface area contributed by atoms with Crippen molar-refractivity contribution < 1.29 is 19.1 Å². The van der Waals surface area contributed by atoms with E-state index in [1.165, 1.54) is 11.1 Å². The standard InChI is InChI=1S/C25H31N3O4/c1-3-15-27(25(31)26-22-11-9-20(10-12-22)24(30)32-4-2)17-14-23(29)28-16-13-19-7-5-6-8-21(19)18-28/h5-12H,3-4,13-18H2,1-2H3,(H,26,31). The first kappa shape index (κ1) is 23.3. The predicted octanol–water partition coefficient (Wildman–Crippen LogP) is 4.08. The summed E-state index contributed by atoms with van der Waals surface area (Å²) in [7, 11) is 0. The molecule has 0 aromatic heterocycles. The number of anilines is 1. The summed E-state index contributed by atoms with van der Waals surface area (Å²) < 4.78 is 4.97. The quantitative estimate of drug-likeness (QED) is 0.631. The monoisotopic (exact) mass is 437 g/mol. The first-order valence-electron chi connectivity index (χ1n) is 11.2. The van der Waals surface area contributed by atoms with Crippen LogP contribution in [-0.2, 0) is 22.5 Å². The number of fused-ring (bicyclic) bond motifs is 1. The normalized spacial score (nSPS) is 12.6. The van der Waals surface area contributed by atoms with E-state index in [0.717, 1.165) is 12.8 Å². The largest absolute Gasteiger partial charge is 0.462 e. The van der Waals surface area contributed by atoms with Gasteiger partial charge in [-0.25, -0.2) is 9.59 Å². The van der Waals surface area contributed by atoms with Gasteiger partial charge in [-0.3, -0.25) is 4.79 Å². The number of hydrogen-bond acceptors (Lipinski definition) is 4. The maximum Gasteiger partial charge on any atom is 0.338 e. The third-order valence-electron chi connectivity index (χ3n) is 5.51. The molecule has 0 fully saturated rings. The third kappa shape index (κ3) is 6.09. The van der Waals surface area contributed by atoms with Crippen molar-refractivity contribution in [2.75, 3.05) is 31.6 Å². The zero-order valence-corrected chi connectivity index (χ0v) is 18.8. The second-order valence-electron chi connectivity index (χ2n) is 7.80. The van der Waals surface area contributed by atoms with E-state index in [2.05, 4.69) is 17.4 Å². The highest BCUT2D eigenvalue weighted by Gasteiger charge is 2.22. The average Bonchev–Trinajstić information content (AvgIpc) is 2.81. The number of nitrogens with one attached hydrogen (secondary N) is 1. The van der Waals surface area contributed by atoms with Crippen molar-refractivity contribution in [1.29, 1.82) is 0 Å². The van der Waals surface area contributed by atoms with E-state index in [4.69, 9.17) is 4.74 Å². The Morgan fingerprint density at radius 3 is 2.41 bits per heavy atom. The summed E-state index contributed by atoms with van der Waals surface area (Å²) >= 11 is 0. The fraction of sp³-hybridized carbons (Fsp3) is 0.400. The summed E-state index contributed by atoms with van der Waals surface area (Å²) in [5.41, 5.74) is 3.52. The average molecular weight is 438 g/mol. The molecular formula is C25H31N3O4. The lowest BCUT2D eigenvalue weighted by Crippen LogP contribution is -2.41. The Morgan fingerprint density at radius 2 is 1.72 bits per heavy atom. The highest BCUT2D eigenvalue weighted by Crippen LogP contribution is 2.19. The molecule has 0 bridgehead atoms. The number of amides is 3. The van der Waals surface area contributed by atoms with Gasteiger partial charge in [-0.05, 0) is 55.2 Å². The number of nitrogens with zero attached hydrogens (tertiary/aromatic N) is 2. The van der Waals surface area contributed by atoms with E-state index < -0.39 is 5.97 Å². The molecule has 0 atom stereocenters. The molecule has 1 heterocycles. The summed E-state index contributed by atoms with van der Waals surface area (Å²) in [5.74, 6) is -0.330. The minimum Gasteiger partial charge on any atom is -0.462 e. The number of hydrogen-bond donors (Lipinski definition) is 1. The molecule has 7 nitrogen and oxygen atoms in total. The molecule has 0 aliphatic carbocycles. The van der Waals surface area contributed by atoms with Crippen molar-refractivity contribution in [1.82, 2.24) is 9.80 Å². The molecular weight excluding hydrogens is 406 g/mol. The minimum absolute atomic E-state index is 0.0622. The summed E-state index contributed by atoms with van der Waals surface area (Å²) in [6.45, 7) is 6.32. The second-order valence-corrected chi connectivity index (χ2v) is 7.80. The molecule has 1 aliphatic heterocycles. The van der Waals surface area contributed by atoms with Gasteiger partial charge in [0, 0.05) is 38.3 Å². The Labute approximate surface area is 189 Å². The maximum atomic E-state index is 12.8. The van der Waals surface area contributed by atoms with Gasteiger partial charge in [0.15, 0.2) is 0 Å². The van der Waals surface area contributed by atoms with E-state index in [0.29, 0.717) is 44.0 Å². The summed E-state index contributed by atoms with van der Waals surface area (Å²) in [6.07, 6.45) is 1.95. The molecule has 1 N–H and O–H groups in total. The van der Waals surface area contributed by atoms with Gasteiger partial charge < -0.3 is 19.9 Å². The van der Waals surface area contributed by atoms with Gasteiger partial charge in [-0.1, -0.05) is 31.2 Å². The Morgan fingerprint density at radius 1 is 1.00 bits per heavy atom. The first-order chi connectivity index (χ1) is 15.5. The molecule has 0 saturated carbocycles. The first-order valence-corrected chi connectivity index (χ1v) is 11.2. The lowest BCUT2D eigenvalue weighted by molar-refractivity contribution is -0.132. The molecule has 0 unspecified atom stereocenters. The zero-order valence-electron chi connectivity index (χ0n) is 18.8. The molecule has 2 aromatic rings. The van der Waals surface area contributed by atoms with Gasteiger partial charge in [0.05, 0.1) is 12.2 Å². The van der Waals surface area contributed by atoms with Crippen molar-refractivity contribution >= 4 is 23.6 Å². The van der Waals surface area contributed by atoms with E-state index in [1.54, 1.807) is 36.1 Å². The summed E-state index contributed by atoms with van der Waals surface area (Å²) in [6, 6.07) is 14.5. The number of urea groups is 1. The summed E-state index contributed by atoms with van der Waals surface area (Å²) in [4.78, 5) is 40.9. The van der Waals surface area contributed by atoms with Crippen LogP contribution in [0, 0.1) is 0 Å². The van der Waals surface area contributed by atoms with Gasteiger partial charge in [-0.15, -0.1) is 0 Å². The van der Waals surface area contributed by atoms with Crippen molar-refractivity contribution in [2.45, 2.75) is 39.7 Å². The molecule has 0 saturated heterocycles. The van der Waals surface area contributed by atoms with E-state index >= 15 is 0 Å². The highest BCUT2D eigenvalue weighted by molar-refractivity contribution is 5.92. The van der Waals surface area contributed by atoms with Crippen LogP contribution in [0.1, 0.15) is 48.2 Å². The van der Waals surface area contributed by atoms with Crippen molar-refractivity contribution in [3.8, 4) is 0 Å². The van der Waals surface area contributed by atoms with Crippen molar-refractivity contribution in [3.05, 3.63) is 65.2 Å². The number of carbonyl (C=O) groups excluding carboxylic acids is 3. The highest BCUT2D eigenvalue weighted by atomic mass is 16.5. The number of esters is 1. The van der Waals surface area contributed by atoms with Crippen LogP contribution in [-0.4, -0.2) is 53.9 Å². The maximum absolute atomic E-state index is 12.8. The van der Waals surface area contributed by atoms with E-state index in [9.17, 15) is 14.4 Å². The topological polar surface area (TPSA) is 79.0 Å². The third-order valence-corrected chi connectivity index (χ3v) is 5.51. The fourth-order valence-electron chi connectivity index (χ4n) is 3.79.